The molecule has 116 valence electrons. The number of amides is 1. The Labute approximate surface area is 124 Å². The van der Waals surface area contributed by atoms with Crippen LogP contribution < -0.4 is 20.7 Å². The van der Waals surface area contributed by atoms with Gasteiger partial charge in [-0.05, 0) is 18.2 Å². The molecule has 0 saturated heterocycles. The number of anilines is 2. The highest BCUT2D eigenvalue weighted by Crippen LogP contribution is 2.25. The van der Waals surface area contributed by atoms with Crippen molar-refractivity contribution in [3.8, 4) is 0 Å². The molecule has 1 aliphatic rings. The molecule has 2 rings (SSSR count). The zero-order chi connectivity index (χ0) is 15.3. The summed E-state index contributed by atoms with van der Waals surface area (Å²) in [5.74, 6) is -0.408. The van der Waals surface area contributed by atoms with Crippen molar-refractivity contribution >= 4 is 27.3 Å². The molecule has 0 saturated carbocycles. The maximum absolute atomic E-state index is 12.0. The number of sulfonamides is 1. The second kappa shape index (κ2) is 6.77. The van der Waals surface area contributed by atoms with Gasteiger partial charge in [-0.1, -0.05) is 6.92 Å². The largest absolute Gasteiger partial charge is 0.382 e. The molecule has 1 amide bonds. The van der Waals surface area contributed by atoms with Gasteiger partial charge < -0.3 is 16.0 Å². The Morgan fingerprint density at radius 1 is 1.24 bits per heavy atom. The predicted molar refractivity (Wildman–Crippen MR) is 83.2 cm³/mol. The first kappa shape index (κ1) is 15.6. The number of fused-ring (bicyclic) bond motifs is 1. The summed E-state index contributed by atoms with van der Waals surface area (Å²) in [4.78, 5) is 12.0. The fraction of sp³-hybridized carbons (Fsp3) is 0.462. The number of hydrogen-bond donors (Lipinski definition) is 4. The van der Waals surface area contributed by atoms with E-state index in [2.05, 4.69) is 20.7 Å². The minimum Gasteiger partial charge on any atom is -0.382 e. The van der Waals surface area contributed by atoms with Gasteiger partial charge in [0.1, 0.15) is 0 Å². The van der Waals surface area contributed by atoms with Gasteiger partial charge in [-0.15, -0.1) is 0 Å². The van der Waals surface area contributed by atoms with Crippen molar-refractivity contribution in [3.05, 3.63) is 23.8 Å². The van der Waals surface area contributed by atoms with Crippen LogP contribution >= 0.6 is 0 Å². The molecule has 0 unspecified atom stereocenters. The number of carbonyl (C=O) groups is 1. The molecule has 1 aliphatic heterocycles. The Kier molecular flexibility index (Phi) is 5.03. The van der Waals surface area contributed by atoms with Crippen molar-refractivity contribution in [2.24, 2.45) is 0 Å². The van der Waals surface area contributed by atoms with Gasteiger partial charge in [0.2, 0.25) is 10.0 Å². The summed E-state index contributed by atoms with van der Waals surface area (Å²) < 4.78 is 25.3. The average molecular weight is 312 g/mol. The lowest BCUT2D eigenvalue weighted by Crippen LogP contribution is -2.34. The lowest BCUT2D eigenvalue weighted by Gasteiger charge is -2.20. The zero-order valence-corrected chi connectivity index (χ0v) is 12.7. The van der Waals surface area contributed by atoms with E-state index in [4.69, 9.17) is 0 Å². The van der Waals surface area contributed by atoms with Crippen molar-refractivity contribution in [1.29, 1.82) is 0 Å². The lowest BCUT2D eigenvalue weighted by atomic mass is 10.1. The molecule has 0 aliphatic carbocycles. The molecule has 7 nitrogen and oxygen atoms in total. The Hall–Kier alpha value is -1.80. The van der Waals surface area contributed by atoms with Gasteiger partial charge in [-0.2, -0.15) is 0 Å². The molecule has 1 aromatic rings. The Morgan fingerprint density at radius 2 is 1.95 bits per heavy atom. The van der Waals surface area contributed by atoms with Crippen LogP contribution in [0.15, 0.2) is 18.2 Å². The number of hydrogen-bond acceptors (Lipinski definition) is 5. The van der Waals surface area contributed by atoms with Gasteiger partial charge in [0.15, 0.2) is 0 Å². The standard InChI is InChI=1S/C13H20N4O3S/c1-2-17-21(19,20)8-7-16-13(18)10-3-4-11-12(9-10)15-6-5-14-11/h3-4,9,14-15,17H,2,5-8H2,1H3,(H,16,18). The summed E-state index contributed by atoms with van der Waals surface area (Å²) >= 11 is 0. The second-order valence-electron chi connectivity index (χ2n) is 4.69. The van der Waals surface area contributed by atoms with E-state index in [-0.39, 0.29) is 18.2 Å². The van der Waals surface area contributed by atoms with Gasteiger partial charge >= 0.3 is 0 Å². The van der Waals surface area contributed by atoms with E-state index in [1.165, 1.54) is 0 Å². The van der Waals surface area contributed by atoms with E-state index in [1.807, 2.05) is 6.07 Å². The predicted octanol–water partition coefficient (Wildman–Crippen LogP) is 0.193. The maximum atomic E-state index is 12.0. The first-order valence-corrected chi connectivity index (χ1v) is 8.54. The van der Waals surface area contributed by atoms with E-state index in [1.54, 1.807) is 19.1 Å². The Balaban J connectivity index is 1.92. The van der Waals surface area contributed by atoms with Gasteiger partial charge in [0.05, 0.1) is 17.1 Å². The smallest absolute Gasteiger partial charge is 0.251 e. The molecule has 0 aromatic heterocycles. The van der Waals surface area contributed by atoms with Crippen molar-refractivity contribution in [2.45, 2.75) is 6.92 Å². The number of carbonyl (C=O) groups excluding carboxylic acids is 1. The van der Waals surface area contributed by atoms with Crippen molar-refractivity contribution in [1.82, 2.24) is 10.0 Å². The summed E-state index contributed by atoms with van der Waals surface area (Å²) in [5.41, 5.74) is 2.35. The van der Waals surface area contributed by atoms with Crippen LogP contribution in [-0.2, 0) is 10.0 Å². The average Bonchev–Trinajstić information content (AvgIpc) is 2.46. The fourth-order valence-corrected chi connectivity index (χ4v) is 3.03. The molecular formula is C13H20N4O3S. The quantitative estimate of drug-likeness (QED) is 0.601. The van der Waals surface area contributed by atoms with Crippen LogP contribution in [0.3, 0.4) is 0 Å². The second-order valence-corrected chi connectivity index (χ2v) is 6.61. The first-order chi connectivity index (χ1) is 10.0. The molecule has 8 heteroatoms. The summed E-state index contributed by atoms with van der Waals surface area (Å²) in [5, 5.41) is 9.04. The van der Waals surface area contributed by atoms with Crippen LogP contribution in [0.5, 0.6) is 0 Å². The van der Waals surface area contributed by atoms with Crippen molar-refractivity contribution < 1.29 is 13.2 Å². The van der Waals surface area contributed by atoms with Crippen LogP contribution in [0.25, 0.3) is 0 Å². The minimum atomic E-state index is -3.31. The van der Waals surface area contributed by atoms with E-state index < -0.39 is 10.0 Å². The maximum Gasteiger partial charge on any atom is 0.251 e. The Morgan fingerprint density at radius 3 is 2.67 bits per heavy atom. The zero-order valence-electron chi connectivity index (χ0n) is 11.9. The topological polar surface area (TPSA) is 99.3 Å². The molecule has 4 N–H and O–H groups in total. The SMILES string of the molecule is CCNS(=O)(=O)CCNC(=O)c1ccc2c(c1)NCCN2. The van der Waals surface area contributed by atoms with Crippen LogP contribution in [0, 0.1) is 0 Å². The van der Waals surface area contributed by atoms with Crippen molar-refractivity contribution in [2.75, 3.05) is 42.6 Å². The third-order valence-electron chi connectivity index (χ3n) is 3.06. The normalized spacial score (nSPS) is 13.8. The summed E-state index contributed by atoms with van der Waals surface area (Å²) in [6.45, 7) is 3.79. The highest BCUT2D eigenvalue weighted by molar-refractivity contribution is 7.89. The molecule has 0 bridgehead atoms. The van der Waals surface area contributed by atoms with Gasteiger partial charge in [-0.25, -0.2) is 13.1 Å². The molecule has 1 aromatic carbocycles. The van der Waals surface area contributed by atoms with Crippen LogP contribution in [0.1, 0.15) is 17.3 Å². The Bertz CT molecular complexity index is 616. The van der Waals surface area contributed by atoms with Gasteiger partial charge in [0, 0.05) is 31.7 Å². The monoisotopic (exact) mass is 312 g/mol. The van der Waals surface area contributed by atoms with E-state index >= 15 is 0 Å². The summed E-state index contributed by atoms with van der Waals surface area (Å²) in [6, 6.07) is 5.31. The molecule has 21 heavy (non-hydrogen) atoms. The van der Waals surface area contributed by atoms with Gasteiger partial charge in [0.25, 0.3) is 5.91 Å². The number of nitrogens with one attached hydrogen (secondary N) is 4. The molecule has 0 radical (unpaired) electrons. The molecule has 0 spiro atoms. The first-order valence-electron chi connectivity index (χ1n) is 6.89. The third kappa shape index (κ3) is 4.33. The van der Waals surface area contributed by atoms with Crippen LogP contribution in [0.2, 0.25) is 0 Å². The minimum absolute atomic E-state index is 0.0803. The summed E-state index contributed by atoms with van der Waals surface area (Å²) in [7, 11) is -3.31. The third-order valence-corrected chi connectivity index (χ3v) is 4.53. The van der Waals surface area contributed by atoms with Crippen molar-refractivity contribution in [3.63, 3.8) is 0 Å². The van der Waals surface area contributed by atoms with Crippen LogP contribution in [0.4, 0.5) is 11.4 Å². The summed E-state index contributed by atoms with van der Waals surface area (Å²) in [6.07, 6.45) is 0. The molecule has 0 fully saturated rings. The fourth-order valence-electron chi connectivity index (χ4n) is 2.07. The van der Waals surface area contributed by atoms with E-state index in [0.717, 1.165) is 24.5 Å². The van der Waals surface area contributed by atoms with E-state index in [0.29, 0.717) is 12.1 Å². The number of benzene rings is 1. The van der Waals surface area contributed by atoms with Gasteiger partial charge in [-0.3, -0.25) is 4.79 Å². The van der Waals surface area contributed by atoms with E-state index in [9.17, 15) is 13.2 Å². The highest BCUT2D eigenvalue weighted by atomic mass is 32.2. The molecule has 1 heterocycles. The number of rotatable bonds is 6. The molecule has 0 atom stereocenters. The molecular weight excluding hydrogens is 292 g/mol. The van der Waals surface area contributed by atoms with Crippen LogP contribution in [-0.4, -0.2) is 46.3 Å². The lowest BCUT2D eigenvalue weighted by molar-refractivity contribution is 0.0956. The highest BCUT2D eigenvalue weighted by Gasteiger charge is 2.13.